The van der Waals surface area contributed by atoms with Crippen molar-refractivity contribution in [3.05, 3.63) is 145 Å². The second kappa shape index (κ2) is 23.1. The number of carboxylic acids is 1. The molecule has 1 amide bonds. The van der Waals surface area contributed by atoms with Crippen molar-refractivity contribution in [3.8, 4) is 0 Å². The van der Waals surface area contributed by atoms with Crippen LogP contribution in [0.15, 0.2) is 112 Å². The highest BCUT2D eigenvalue weighted by atomic mass is 32.2. The van der Waals surface area contributed by atoms with E-state index < -0.39 is 33.6 Å². The van der Waals surface area contributed by atoms with Crippen molar-refractivity contribution >= 4 is 73.6 Å². The highest BCUT2D eigenvalue weighted by Gasteiger charge is 2.45. The maximum absolute atomic E-state index is 13.8. The number of allylic oxidation sites excluding steroid dienone is 5. The lowest BCUT2D eigenvalue weighted by Gasteiger charge is -2.28. The van der Waals surface area contributed by atoms with Crippen molar-refractivity contribution in [1.82, 2.24) is 25.3 Å². The zero-order valence-corrected chi connectivity index (χ0v) is 45.5. The second-order valence-corrected chi connectivity index (χ2v) is 23.5. The normalized spacial score (nSPS) is 17.5. The van der Waals surface area contributed by atoms with E-state index in [1.807, 2.05) is 0 Å². The Morgan fingerprint density at radius 1 is 0.960 bits per heavy atom. The molecule has 75 heavy (non-hydrogen) atoms. The van der Waals surface area contributed by atoms with Gasteiger partial charge < -0.3 is 26.4 Å². The molecule has 8 rings (SSSR count). The molecule has 0 unspecified atom stereocenters. The summed E-state index contributed by atoms with van der Waals surface area (Å²) in [6.45, 7) is 15.1. The number of hydrogen-bond acceptors (Lipinski definition) is 12. The fraction of sp³-hybridized carbons (Fsp3) is 0.421. The Morgan fingerprint density at radius 2 is 1.73 bits per heavy atom. The lowest BCUT2D eigenvalue weighted by molar-refractivity contribution is -0.440. The van der Waals surface area contributed by atoms with Gasteiger partial charge in [-0.15, -0.1) is 11.8 Å². The minimum Gasteiger partial charge on any atom is -0.480 e. The number of thioether (sulfide) groups is 1. The molecule has 1 atom stereocenters. The number of nitrogens with two attached hydrogens (primary N) is 1. The molecule has 1 aliphatic carbocycles. The number of aryl methyl sites for hydroxylation is 1. The van der Waals surface area contributed by atoms with Gasteiger partial charge in [0, 0.05) is 69.7 Å². The predicted molar refractivity (Wildman–Crippen MR) is 300 cm³/mol. The van der Waals surface area contributed by atoms with Gasteiger partial charge in [-0.05, 0) is 113 Å². The number of aliphatic carboxylic acids is 1. The molecule has 0 saturated heterocycles. The van der Waals surface area contributed by atoms with Crippen molar-refractivity contribution in [2.75, 3.05) is 40.5 Å². The molecule has 2 aromatic heterocycles. The molecule has 7 N–H and O–H groups in total. The van der Waals surface area contributed by atoms with Crippen LogP contribution in [0.4, 0.5) is 23.0 Å². The number of nitrogens with zero attached hydrogens (tertiary/aromatic N) is 5. The average molecular weight is 1060 g/mol. The quantitative estimate of drug-likeness (QED) is 0.0215. The largest absolute Gasteiger partial charge is 0.480 e. The minimum atomic E-state index is -4.08. The Kier molecular flexibility index (Phi) is 16.8. The fourth-order valence-corrected chi connectivity index (χ4v) is 12.6. The van der Waals surface area contributed by atoms with Crippen LogP contribution in [-0.4, -0.2) is 90.8 Å². The fourth-order valence-electron chi connectivity index (χ4n) is 10.7. The first-order valence-corrected chi connectivity index (χ1v) is 28.6. The Hall–Kier alpha value is -6.63. The van der Waals surface area contributed by atoms with E-state index in [-0.39, 0.29) is 46.0 Å². The lowest BCUT2D eigenvalue weighted by Crippen LogP contribution is -2.42. The van der Waals surface area contributed by atoms with Crippen molar-refractivity contribution in [3.63, 3.8) is 0 Å². The number of hydrogen-bond donors (Lipinski definition) is 6. The summed E-state index contributed by atoms with van der Waals surface area (Å²) < 4.78 is 35.1. The summed E-state index contributed by atoms with van der Waals surface area (Å²) in [5.41, 5.74) is 17.1. The lowest BCUT2D eigenvalue weighted by atomic mass is 9.78. The molecule has 3 aliphatic rings. The summed E-state index contributed by atoms with van der Waals surface area (Å²) >= 11 is 1.49. The van der Waals surface area contributed by atoms with Crippen LogP contribution < -0.4 is 26.8 Å². The number of nitrogen functional groups attached to an aromatic ring is 1. The monoisotopic (exact) mass is 1060 g/mol. The zero-order chi connectivity index (χ0) is 53.7. The number of unbranched alkanes of at least 4 members (excludes halogenated alkanes) is 3. The molecule has 0 saturated carbocycles. The van der Waals surface area contributed by atoms with Crippen LogP contribution in [0.2, 0.25) is 0 Å². The standard InChI is InChI=1S/C57H69N9O7S2/c1-7-8-11-29-65-45-18-10-9-17-42(45)56(3,4)47(65)27-22-37-15-14-16-38(23-28-48-57(5,6)43-32-36(2)19-26-46(43)66(48)30-12-13-31-75(71,72)73)50(37)74-35-44(54(69)70)62-52(67)39-20-24-40(25-21-39)59-33-41-34-60-51-49(61-41)53(68)64-55(58)63-51/h9-10,17-22,24-27,32,34,44H,7-8,11-16,23,28-31,33,35H2,1-6H3,(H6-,58,59,60,62,63,64,67,68,69,70,71,72,73)/p+1/b37-22+,47-27+/t44-/m0/s1. The zero-order valence-electron chi connectivity index (χ0n) is 43.8. The Balaban J connectivity index is 1.06. The third-order valence-corrected chi connectivity index (χ3v) is 16.9. The maximum atomic E-state index is 13.8. The molecule has 0 radical (unpaired) electrons. The number of aromatic amines is 1. The van der Waals surface area contributed by atoms with Crippen LogP contribution in [0.5, 0.6) is 0 Å². The third-order valence-electron chi connectivity index (χ3n) is 14.7. The number of benzene rings is 3. The molecule has 16 nitrogen and oxygen atoms in total. The second-order valence-electron chi connectivity index (χ2n) is 20.9. The van der Waals surface area contributed by atoms with E-state index in [1.54, 1.807) is 24.3 Å². The summed E-state index contributed by atoms with van der Waals surface area (Å²) in [6.07, 6.45) is 14.3. The number of carbonyl (C=O) groups excluding carboxylic acids is 1. The Morgan fingerprint density at radius 3 is 2.48 bits per heavy atom. The van der Waals surface area contributed by atoms with Crippen LogP contribution >= 0.6 is 11.8 Å². The molecule has 5 aromatic rings. The number of amides is 1. The summed E-state index contributed by atoms with van der Waals surface area (Å²) in [7, 11) is -4.08. The molecule has 18 heteroatoms. The van der Waals surface area contributed by atoms with E-state index in [0.717, 1.165) is 79.6 Å². The van der Waals surface area contributed by atoms with Gasteiger partial charge in [0.05, 0.1) is 29.6 Å². The number of aromatic nitrogens is 4. The SMILES string of the molecule is CCCCCN1/C(=C/C=C2\CCCC(CCC3=[N+](CCCCS(=O)(=O)O)c4ccc(C)cc4C3(C)C)=C2SC[C@H](NC(=O)c2ccc(NCc3cnc4nc(N)[nH]c(=O)c4n3)cc2)C(=O)O)C(C)(C)c2ccccc21. The summed E-state index contributed by atoms with van der Waals surface area (Å²) in [4.78, 5) is 57.7. The first kappa shape index (κ1) is 54.6. The van der Waals surface area contributed by atoms with Gasteiger partial charge in [-0.25, -0.2) is 14.8 Å². The van der Waals surface area contributed by atoms with Crippen molar-refractivity contribution in [2.24, 2.45) is 0 Å². The maximum Gasteiger partial charge on any atom is 0.327 e. The van der Waals surface area contributed by atoms with E-state index in [4.69, 9.17) is 5.73 Å². The molecule has 396 valence electrons. The molecule has 4 heterocycles. The Labute approximate surface area is 443 Å². The van der Waals surface area contributed by atoms with Gasteiger partial charge in [0.2, 0.25) is 11.6 Å². The number of carbonyl (C=O) groups is 2. The summed E-state index contributed by atoms with van der Waals surface area (Å²) in [5, 5.41) is 16.7. The van der Waals surface area contributed by atoms with Crippen LogP contribution in [0.1, 0.15) is 132 Å². The molecule has 0 fully saturated rings. The van der Waals surface area contributed by atoms with E-state index >= 15 is 0 Å². The van der Waals surface area contributed by atoms with Crippen LogP contribution in [0.25, 0.3) is 11.2 Å². The number of anilines is 3. The highest BCUT2D eigenvalue weighted by Crippen LogP contribution is 2.49. The van der Waals surface area contributed by atoms with Crippen LogP contribution in [0.3, 0.4) is 0 Å². The van der Waals surface area contributed by atoms with Crippen LogP contribution in [-0.2, 0) is 32.3 Å². The van der Waals surface area contributed by atoms with Crippen molar-refractivity contribution in [2.45, 2.75) is 129 Å². The topological polar surface area (TPSA) is 237 Å². The van der Waals surface area contributed by atoms with E-state index in [9.17, 15) is 32.5 Å². The average Bonchev–Trinajstić information content (AvgIpc) is 3.71. The van der Waals surface area contributed by atoms with Gasteiger partial charge >= 0.3 is 5.97 Å². The number of carboxylic acid groups (broad SMARTS) is 1. The number of H-pyrrole nitrogens is 1. The summed E-state index contributed by atoms with van der Waals surface area (Å²) in [5.74, 6) is -1.89. The number of para-hydroxylation sites is 1. The van der Waals surface area contributed by atoms with Gasteiger partial charge in [-0.2, -0.15) is 18.0 Å². The Bertz CT molecular complexity index is 3290. The summed E-state index contributed by atoms with van der Waals surface area (Å²) in [6, 6.07) is 20.6. The number of nitrogens with one attached hydrogen (secondary N) is 3. The minimum absolute atomic E-state index is 0.0477. The van der Waals surface area contributed by atoms with Crippen molar-refractivity contribution in [1.29, 1.82) is 0 Å². The molecule has 0 bridgehead atoms. The van der Waals surface area contributed by atoms with E-state index in [2.05, 4.69) is 136 Å². The third kappa shape index (κ3) is 12.6. The molecule has 0 spiro atoms. The van der Waals surface area contributed by atoms with Gasteiger partial charge in [-0.3, -0.25) is 19.1 Å². The number of fused-ring (bicyclic) bond motifs is 3. The van der Waals surface area contributed by atoms with Gasteiger partial charge in [0.15, 0.2) is 16.9 Å². The first-order valence-electron chi connectivity index (χ1n) is 26.0. The highest BCUT2D eigenvalue weighted by molar-refractivity contribution is 8.03. The van der Waals surface area contributed by atoms with E-state index in [0.29, 0.717) is 36.3 Å². The molecular weight excluding hydrogens is 987 g/mol. The van der Waals surface area contributed by atoms with Gasteiger partial charge in [-0.1, -0.05) is 75.1 Å². The molecule has 3 aromatic carbocycles. The van der Waals surface area contributed by atoms with Gasteiger partial charge in [0.25, 0.3) is 21.6 Å². The molecule has 2 aliphatic heterocycles. The van der Waals surface area contributed by atoms with Crippen LogP contribution in [0, 0.1) is 6.92 Å². The first-order chi connectivity index (χ1) is 35.7. The van der Waals surface area contributed by atoms with E-state index in [1.165, 1.54) is 51.8 Å². The number of rotatable bonds is 22. The predicted octanol–water partition coefficient (Wildman–Crippen LogP) is 9.89. The molecular formula is C57H70N9O7S2+. The smallest absolute Gasteiger partial charge is 0.327 e. The van der Waals surface area contributed by atoms with Crippen molar-refractivity contribution < 1.29 is 32.2 Å². The van der Waals surface area contributed by atoms with Gasteiger partial charge in [0.1, 0.15) is 12.6 Å².